The molecule has 100 valence electrons. The van der Waals surface area contributed by atoms with Gasteiger partial charge in [0.15, 0.2) is 4.47 Å². The highest BCUT2D eigenvalue weighted by Crippen LogP contribution is 2.22. The van der Waals surface area contributed by atoms with Crippen LogP contribution in [0.15, 0.2) is 24.5 Å². The zero-order valence-corrected chi connectivity index (χ0v) is 11.8. The zero-order chi connectivity index (χ0) is 13.7. The number of aldehydes is 1. The predicted octanol–water partition coefficient (Wildman–Crippen LogP) is 2.41. The van der Waals surface area contributed by atoms with Crippen molar-refractivity contribution in [1.82, 2.24) is 9.97 Å². The van der Waals surface area contributed by atoms with Gasteiger partial charge in [0.05, 0.1) is 26.4 Å². The molecule has 0 bridgehead atoms. The highest BCUT2D eigenvalue weighted by Gasteiger charge is 2.10. The topological polar surface area (TPSA) is 55.3 Å². The number of nitrogens with zero attached hydrogens (tertiary/aromatic N) is 3. The van der Waals surface area contributed by atoms with Crippen molar-refractivity contribution < 1.29 is 9.53 Å². The molecule has 0 spiro atoms. The Morgan fingerprint density at radius 3 is 2.79 bits per heavy atom. The molecule has 0 aromatic carbocycles. The summed E-state index contributed by atoms with van der Waals surface area (Å²) in [7, 11) is 1.58. The highest BCUT2D eigenvalue weighted by molar-refractivity contribution is 7.15. The average Bonchev–Trinajstić information content (AvgIpc) is 2.84. The molecule has 19 heavy (non-hydrogen) atoms. The third kappa shape index (κ3) is 3.65. The number of carbonyl (C=O) groups excluding carboxylic acids is 1. The SMILES string of the molecule is COc1ccc(N(CC=O)Cc2cnc(Cl)s2)nc1. The number of pyridine rings is 1. The maximum Gasteiger partial charge on any atom is 0.183 e. The van der Waals surface area contributed by atoms with Crippen molar-refractivity contribution in [3.8, 4) is 5.75 Å². The van der Waals surface area contributed by atoms with Crippen LogP contribution in [-0.2, 0) is 11.3 Å². The molecule has 0 radical (unpaired) electrons. The number of ether oxygens (including phenoxy) is 1. The Hall–Kier alpha value is -1.66. The number of methoxy groups -OCH3 is 1. The molecule has 0 aliphatic heterocycles. The van der Waals surface area contributed by atoms with E-state index in [1.807, 2.05) is 11.0 Å². The first kappa shape index (κ1) is 13.8. The van der Waals surface area contributed by atoms with E-state index in [1.54, 1.807) is 25.6 Å². The molecule has 2 heterocycles. The van der Waals surface area contributed by atoms with Crippen molar-refractivity contribution in [2.75, 3.05) is 18.6 Å². The monoisotopic (exact) mass is 297 g/mol. The van der Waals surface area contributed by atoms with Crippen LogP contribution in [0.2, 0.25) is 4.47 Å². The fourth-order valence-electron chi connectivity index (χ4n) is 1.55. The minimum atomic E-state index is 0.259. The highest BCUT2D eigenvalue weighted by atomic mass is 35.5. The van der Waals surface area contributed by atoms with Crippen LogP contribution in [-0.4, -0.2) is 29.9 Å². The van der Waals surface area contributed by atoms with Crippen LogP contribution in [0, 0.1) is 0 Å². The quantitative estimate of drug-likeness (QED) is 0.766. The Bertz CT molecular complexity index is 544. The van der Waals surface area contributed by atoms with Gasteiger partial charge in [0.25, 0.3) is 0 Å². The van der Waals surface area contributed by atoms with Crippen LogP contribution < -0.4 is 9.64 Å². The third-order valence-corrected chi connectivity index (χ3v) is 3.55. The van der Waals surface area contributed by atoms with Gasteiger partial charge in [-0.15, -0.1) is 11.3 Å². The van der Waals surface area contributed by atoms with Gasteiger partial charge in [-0.1, -0.05) is 11.6 Å². The summed E-state index contributed by atoms with van der Waals surface area (Å²) < 4.78 is 5.54. The van der Waals surface area contributed by atoms with Gasteiger partial charge in [-0.25, -0.2) is 9.97 Å². The molecule has 2 rings (SSSR count). The maximum absolute atomic E-state index is 10.8. The summed E-state index contributed by atoms with van der Waals surface area (Å²) in [6, 6.07) is 3.62. The van der Waals surface area contributed by atoms with Gasteiger partial charge in [-0.2, -0.15) is 0 Å². The zero-order valence-electron chi connectivity index (χ0n) is 10.2. The molecular formula is C12H12ClN3O2S. The fourth-order valence-corrected chi connectivity index (χ4v) is 2.55. The number of aromatic nitrogens is 2. The molecule has 0 amide bonds. The normalized spacial score (nSPS) is 10.2. The second kappa shape index (κ2) is 6.49. The van der Waals surface area contributed by atoms with Crippen LogP contribution in [0.5, 0.6) is 5.75 Å². The lowest BCUT2D eigenvalue weighted by molar-refractivity contribution is -0.106. The molecular weight excluding hydrogens is 286 g/mol. The molecule has 2 aromatic heterocycles. The second-order valence-corrected chi connectivity index (χ2v) is 5.38. The van der Waals surface area contributed by atoms with Gasteiger partial charge < -0.3 is 14.4 Å². The summed E-state index contributed by atoms with van der Waals surface area (Å²) in [6.07, 6.45) is 4.16. The summed E-state index contributed by atoms with van der Waals surface area (Å²) in [5, 5.41) is 0. The maximum atomic E-state index is 10.8. The number of hydrogen-bond donors (Lipinski definition) is 0. The van der Waals surface area contributed by atoms with Crippen LogP contribution >= 0.6 is 22.9 Å². The number of anilines is 1. The minimum Gasteiger partial charge on any atom is -0.495 e. The van der Waals surface area contributed by atoms with Gasteiger partial charge >= 0.3 is 0 Å². The first-order chi connectivity index (χ1) is 9.22. The smallest absolute Gasteiger partial charge is 0.183 e. The molecule has 0 aliphatic rings. The van der Waals surface area contributed by atoms with E-state index in [1.165, 1.54) is 11.3 Å². The van der Waals surface area contributed by atoms with Crippen molar-refractivity contribution >= 4 is 35.0 Å². The Labute approximate surface area is 119 Å². The Morgan fingerprint density at radius 1 is 1.42 bits per heavy atom. The summed E-state index contributed by atoms with van der Waals surface area (Å²) >= 11 is 7.18. The first-order valence-electron chi connectivity index (χ1n) is 5.51. The minimum absolute atomic E-state index is 0.259. The molecule has 0 aliphatic carbocycles. The van der Waals surface area contributed by atoms with Gasteiger partial charge in [-0.05, 0) is 12.1 Å². The molecule has 7 heteroatoms. The largest absolute Gasteiger partial charge is 0.495 e. The van der Waals surface area contributed by atoms with E-state index < -0.39 is 0 Å². The number of rotatable bonds is 6. The Kier molecular flexibility index (Phi) is 4.70. The summed E-state index contributed by atoms with van der Waals surface area (Å²) in [4.78, 5) is 21.8. The molecule has 0 unspecified atom stereocenters. The average molecular weight is 298 g/mol. The van der Waals surface area contributed by atoms with E-state index in [9.17, 15) is 4.79 Å². The van der Waals surface area contributed by atoms with Crippen molar-refractivity contribution in [3.05, 3.63) is 33.9 Å². The molecule has 0 fully saturated rings. The van der Waals surface area contributed by atoms with Gasteiger partial charge in [0, 0.05) is 11.1 Å². The molecule has 0 atom stereocenters. The predicted molar refractivity (Wildman–Crippen MR) is 75.0 cm³/mol. The van der Waals surface area contributed by atoms with Gasteiger partial charge in [0.1, 0.15) is 17.9 Å². The van der Waals surface area contributed by atoms with E-state index >= 15 is 0 Å². The van der Waals surface area contributed by atoms with Gasteiger partial charge in [-0.3, -0.25) is 0 Å². The number of thiazole rings is 1. The molecule has 5 nitrogen and oxygen atoms in total. The summed E-state index contributed by atoms with van der Waals surface area (Å²) in [5.41, 5.74) is 0. The van der Waals surface area contributed by atoms with Crippen LogP contribution in [0.4, 0.5) is 5.82 Å². The third-order valence-electron chi connectivity index (χ3n) is 2.45. The van der Waals surface area contributed by atoms with Gasteiger partial charge in [0.2, 0.25) is 0 Å². The van der Waals surface area contributed by atoms with E-state index in [0.29, 0.717) is 22.6 Å². The molecule has 2 aromatic rings. The van der Waals surface area contributed by atoms with Crippen LogP contribution in [0.25, 0.3) is 0 Å². The van der Waals surface area contributed by atoms with E-state index in [0.717, 1.165) is 11.2 Å². The first-order valence-corrected chi connectivity index (χ1v) is 6.71. The van der Waals surface area contributed by atoms with Crippen molar-refractivity contribution in [2.24, 2.45) is 0 Å². The molecule has 0 N–H and O–H groups in total. The van der Waals surface area contributed by atoms with E-state index in [-0.39, 0.29) is 6.54 Å². The fraction of sp³-hybridized carbons (Fsp3) is 0.250. The Balaban J connectivity index is 2.16. The summed E-state index contributed by atoms with van der Waals surface area (Å²) in [6.45, 7) is 0.803. The number of carbonyl (C=O) groups is 1. The lowest BCUT2D eigenvalue weighted by Gasteiger charge is -2.20. The van der Waals surface area contributed by atoms with E-state index in [2.05, 4.69) is 9.97 Å². The van der Waals surface area contributed by atoms with Crippen molar-refractivity contribution in [1.29, 1.82) is 0 Å². The Morgan fingerprint density at radius 2 is 2.26 bits per heavy atom. The molecule has 0 saturated carbocycles. The van der Waals surface area contributed by atoms with E-state index in [4.69, 9.17) is 16.3 Å². The standard InChI is InChI=1S/C12H12ClN3O2S/c1-18-9-2-3-11(14-6-9)16(4-5-17)8-10-7-15-12(13)19-10/h2-3,5-7H,4,8H2,1H3. The van der Waals surface area contributed by atoms with Crippen molar-refractivity contribution in [2.45, 2.75) is 6.54 Å². The lowest BCUT2D eigenvalue weighted by atomic mass is 10.3. The molecule has 0 saturated heterocycles. The van der Waals surface area contributed by atoms with Crippen LogP contribution in [0.1, 0.15) is 4.88 Å². The van der Waals surface area contributed by atoms with Crippen molar-refractivity contribution in [3.63, 3.8) is 0 Å². The second-order valence-electron chi connectivity index (χ2n) is 3.68. The number of halogens is 1. The lowest BCUT2D eigenvalue weighted by Crippen LogP contribution is -2.25. The summed E-state index contributed by atoms with van der Waals surface area (Å²) in [5.74, 6) is 1.38. The van der Waals surface area contributed by atoms with Crippen LogP contribution in [0.3, 0.4) is 0 Å². The number of hydrogen-bond acceptors (Lipinski definition) is 6.